The van der Waals surface area contributed by atoms with Gasteiger partial charge in [0.05, 0.1) is 132 Å². The van der Waals surface area contributed by atoms with Gasteiger partial charge in [-0.05, 0) is 27.2 Å². The minimum absolute atomic E-state index is 0.156. The van der Waals surface area contributed by atoms with Crippen molar-refractivity contribution in [1.29, 1.82) is 0 Å². The molecule has 15 heteroatoms. The fraction of sp³-hybridized carbons (Fsp3) is 0.943. The van der Waals surface area contributed by atoms with Crippen LogP contribution in [-0.2, 0) is 61.6 Å². The molecule has 0 N–H and O–H groups in total. The monoisotopic (exact) mass is 727 g/mol. The first-order valence-corrected chi connectivity index (χ1v) is 18.1. The number of rotatable bonds is 38. The second kappa shape index (κ2) is 37.1. The van der Waals surface area contributed by atoms with E-state index in [1.165, 1.54) is 4.90 Å². The Labute approximate surface area is 301 Å². The summed E-state index contributed by atoms with van der Waals surface area (Å²) in [5.74, 6) is -0.156. The molecule has 0 aliphatic rings. The number of esters is 1. The summed E-state index contributed by atoms with van der Waals surface area (Å²) in [6.45, 7) is 17.7. The van der Waals surface area contributed by atoms with Gasteiger partial charge in [-0.1, -0.05) is 26.2 Å². The number of ether oxygens (including phenoxy) is 12. The quantitative estimate of drug-likeness (QED) is 0.0675. The molecule has 0 radical (unpaired) electrons. The van der Waals surface area contributed by atoms with Crippen LogP contribution in [0, 0.1) is 0 Å². The molecule has 0 fully saturated rings. The van der Waals surface area contributed by atoms with Gasteiger partial charge in [0.1, 0.15) is 12.2 Å². The Kier molecular flexibility index (Phi) is 35.9. The van der Waals surface area contributed by atoms with E-state index in [1.807, 2.05) is 20.8 Å². The Balaban J connectivity index is 3.17. The molecule has 0 aliphatic carbocycles. The molecule has 0 aromatic carbocycles. The van der Waals surface area contributed by atoms with Crippen LogP contribution in [0.3, 0.4) is 0 Å². The molecule has 0 saturated carbocycles. The van der Waals surface area contributed by atoms with E-state index in [2.05, 4.69) is 6.92 Å². The zero-order valence-electron chi connectivity index (χ0n) is 31.8. The second-order valence-electron chi connectivity index (χ2n) is 12.1. The summed E-state index contributed by atoms with van der Waals surface area (Å²) in [5, 5.41) is 0. The highest BCUT2D eigenvalue weighted by Crippen LogP contribution is 2.08. The van der Waals surface area contributed by atoms with Crippen molar-refractivity contribution < 1.29 is 66.4 Å². The molecule has 0 aromatic heterocycles. The standard InChI is InChI=1S/C35H69NO14/c1-6-7-8-9-10-33(37)49-32-31-48-30-29-47-28-27-46-26-25-45-24-23-44-22-21-43-20-19-42-18-17-41-16-15-40-14-13-39-12-11-36(5)34(38)50-35(2,3)4/h6-32H2,1-5H3. The average Bonchev–Trinajstić information content (AvgIpc) is 3.07. The number of unbranched alkanes of at least 4 members (excludes halogenated alkanes) is 3. The van der Waals surface area contributed by atoms with Crippen LogP contribution < -0.4 is 0 Å². The van der Waals surface area contributed by atoms with Gasteiger partial charge in [0.25, 0.3) is 0 Å². The molecule has 0 aliphatic heterocycles. The molecule has 0 spiro atoms. The van der Waals surface area contributed by atoms with Crippen LogP contribution in [-0.4, -0.2) is 175 Å². The number of likely N-dealkylation sites (N-methyl/N-ethyl adjacent to an activating group) is 1. The van der Waals surface area contributed by atoms with Gasteiger partial charge < -0.3 is 61.7 Å². The first-order valence-electron chi connectivity index (χ1n) is 18.1. The van der Waals surface area contributed by atoms with E-state index < -0.39 is 5.60 Å². The molecule has 0 atom stereocenters. The number of carbonyl (C=O) groups is 2. The molecule has 0 heterocycles. The number of hydrogen-bond acceptors (Lipinski definition) is 14. The minimum atomic E-state index is -0.513. The summed E-state index contributed by atoms with van der Waals surface area (Å²) >= 11 is 0. The van der Waals surface area contributed by atoms with E-state index in [0.717, 1.165) is 25.7 Å². The Morgan fingerprint density at radius 1 is 0.460 bits per heavy atom. The summed E-state index contributed by atoms with van der Waals surface area (Å²) in [4.78, 5) is 24.9. The highest BCUT2D eigenvalue weighted by Gasteiger charge is 2.19. The summed E-state index contributed by atoms with van der Waals surface area (Å²) in [7, 11) is 1.68. The third-order valence-corrected chi connectivity index (χ3v) is 6.35. The third-order valence-electron chi connectivity index (χ3n) is 6.35. The van der Waals surface area contributed by atoms with Gasteiger partial charge in [0.15, 0.2) is 0 Å². The largest absolute Gasteiger partial charge is 0.463 e. The first kappa shape index (κ1) is 48.3. The van der Waals surface area contributed by atoms with Crippen LogP contribution in [0.1, 0.15) is 59.8 Å². The van der Waals surface area contributed by atoms with Gasteiger partial charge >= 0.3 is 12.1 Å². The highest BCUT2D eigenvalue weighted by molar-refractivity contribution is 5.69. The van der Waals surface area contributed by atoms with Gasteiger partial charge in [0, 0.05) is 20.0 Å². The Morgan fingerprint density at radius 3 is 1.10 bits per heavy atom. The van der Waals surface area contributed by atoms with Crippen molar-refractivity contribution in [3.8, 4) is 0 Å². The van der Waals surface area contributed by atoms with Crippen LogP contribution in [0.25, 0.3) is 0 Å². The number of amides is 1. The first-order chi connectivity index (χ1) is 24.3. The van der Waals surface area contributed by atoms with E-state index in [0.29, 0.717) is 145 Å². The molecule has 0 aromatic rings. The smallest absolute Gasteiger partial charge is 0.410 e. The van der Waals surface area contributed by atoms with Crippen LogP contribution in [0.5, 0.6) is 0 Å². The molecular weight excluding hydrogens is 658 g/mol. The van der Waals surface area contributed by atoms with E-state index in [4.69, 9.17) is 56.8 Å². The fourth-order valence-electron chi connectivity index (χ4n) is 3.70. The van der Waals surface area contributed by atoms with Gasteiger partial charge in [-0.25, -0.2) is 4.79 Å². The summed E-state index contributed by atoms with van der Waals surface area (Å²) < 4.78 is 65.1. The lowest BCUT2D eigenvalue weighted by Crippen LogP contribution is -2.36. The lowest BCUT2D eigenvalue weighted by atomic mass is 10.2. The van der Waals surface area contributed by atoms with Gasteiger partial charge in [-0.2, -0.15) is 0 Å². The Morgan fingerprint density at radius 2 is 0.780 bits per heavy atom. The van der Waals surface area contributed by atoms with Crippen molar-refractivity contribution in [3.05, 3.63) is 0 Å². The molecular formula is C35H69NO14. The molecule has 50 heavy (non-hydrogen) atoms. The Hall–Kier alpha value is -1.66. The summed E-state index contributed by atoms with van der Waals surface area (Å²) in [5.41, 5.74) is -0.513. The number of hydrogen-bond donors (Lipinski definition) is 0. The topological polar surface area (TPSA) is 148 Å². The number of nitrogens with zero attached hydrogens (tertiary/aromatic N) is 1. The van der Waals surface area contributed by atoms with Gasteiger partial charge in [0.2, 0.25) is 0 Å². The van der Waals surface area contributed by atoms with Gasteiger partial charge in [-0.15, -0.1) is 0 Å². The number of carbonyl (C=O) groups excluding carboxylic acids is 2. The normalized spacial score (nSPS) is 11.6. The van der Waals surface area contributed by atoms with Crippen molar-refractivity contribution in [2.45, 2.75) is 65.4 Å². The van der Waals surface area contributed by atoms with Crippen LogP contribution in [0.15, 0.2) is 0 Å². The van der Waals surface area contributed by atoms with E-state index in [-0.39, 0.29) is 18.7 Å². The van der Waals surface area contributed by atoms with Gasteiger partial charge in [-0.3, -0.25) is 4.79 Å². The van der Waals surface area contributed by atoms with Crippen LogP contribution >= 0.6 is 0 Å². The van der Waals surface area contributed by atoms with E-state index in [9.17, 15) is 9.59 Å². The Bertz CT molecular complexity index is 741. The van der Waals surface area contributed by atoms with Crippen molar-refractivity contribution in [3.63, 3.8) is 0 Å². The molecule has 15 nitrogen and oxygen atoms in total. The van der Waals surface area contributed by atoms with Crippen LogP contribution in [0.4, 0.5) is 4.79 Å². The average molecular weight is 728 g/mol. The van der Waals surface area contributed by atoms with Crippen LogP contribution in [0.2, 0.25) is 0 Å². The maximum absolute atomic E-state index is 11.9. The minimum Gasteiger partial charge on any atom is -0.463 e. The van der Waals surface area contributed by atoms with Crippen molar-refractivity contribution in [1.82, 2.24) is 4.90 Å². The zero-order valence-corrected chi connectivity index (χ0v) is 31.8. The molecule has 0 bridgehead atoms. The lowest BCUT2D eigenvalue weighted by Gasteiger charge is -2.24. The summed E-state index contributed by atoms with van der Waals surface area (Å²) in [6, 6.07) is 0. The van der Waals surface area contributed by atoms with E-state index in [1.54, 1.807) is 7.05 Å². The predicted molar refractivity (Wildman–Crippen MR) is 187 cm³/mol. The third kappa shape index (κ3) is 39.1. The molecule has 298 valence electrons. The molecule has 0 rings (SSSR count). The second-order valence-corrected chi connectivity index (χ2v) is 12.1. The molecule has 0 saturated heterocycles. The van der Waals surface area contributed by atoms with Crippen molar-refractivity contribution in [2.75, 3.05) is 152 Å². The fourth-order valence-corrected chi connectivity index (χ4v) is 3.70. The molecule has 1 amide bonds. The zero-order chi connectivity index (χ0) is 36.8. The lowest BCUT2D eigenvalue weighted by molar-refractivity contribution is -0.145. The SMILES string of the molecule is CCCCCCC(=O)OCCOCCOCCOCCOCCOCCOCCOCCOCCOCCOCCN(C)C(=O)OC(C)(C)C. The summed E-state index contributed by atoms with van der Waals surface area (Å²) in [6.07, 6.45) is 4.37. The predicted octanol–water partition coefficient (Wildman–Crippen LogP) is 3.53. The van der Waals surface area contributed by atoms with E-state index >= 15 is 0 Å². The maximum Gasteiger partial charge on any atom is 0.410 e. The van der Waals surface area contributed by atoms with Crippen molar-refractivity contribution >= 4 is 12.1 Å². The van der Waals surface area contributed by atoms with Crippen molar-refractivity contribution in [2.24, 2.45) is 0 Å². The molecule has 0 unspecified atom stereocenters. The maximum atomic E-state index is 11.9. The highest BCUT2D eigenvalue weighted by atomic mass is 16.6.